The largest absolute Gasteiger partial charge is 0.490 e. The molecule has 0 saturated heterocycles. The van der Waals surface area contributed by atoms with Gasteiger partial charge in [-0.15, -0.1) is 0 Å². The lowest BCUT2D eigenvalue weighted by Gasteiger charge is -2.05. The standard InChI is InChI=1S/C10H16N2O2/c1-9-2-3-10(8-12-9)14-7-6-13-5-4-11/h2-3,8H,4-7,11H2,1H3. The second-order valence-electron chi connectivity index (χ2n) is 2.88. The van der Waals surface area contributed by atoms with E-state index in [0.29, 0.717) is 26.4 Å². The molecule has 0 aliphatic carbocycles. The van der Waals surface area contributed by atoms with Crippen LogP contribution in [0, 0.1) is 6.92 Å². The number of aromatic nitrogens is 1. The summed E-state index contributed by atoms with van der Waals surface area (Å²) in [4.78, 5) is 4.11. The molecule has 0 amide bonds. The second-order valence-corrected chi connectivity index (χ2v) is 2.88. The van der Waals surface area contributed by atoms with Crippen molar-refractivity contribution in [3.8, 4) is 5.75 Å². The predicted octanol–water partition coefficient (Wildman–Crippen LogP) is 0.744. The van der Waals surface area contributed by atoms with Gasteiger partial charge >= 0.3 is 0 Å². The molecule has 2 N–H and O–H groups in total. The van der Waals surface area contributed by atoms with Crippen molar-refractivity contribution in [2.24, 2.45) is 5.73 Å². The third kappa shape index (κ3) is 4.20. The van der Waals surface area contributed by atoms with Crippen LogP contribution >= 0.6 is 0 Å². The minimum atomic E-state index is 0.532. The van der Waals surface area contributed by atoms with Gasteiger partial charge in [-0.3, -0.25) is 4.98 Å². The summed E-state index contributed by atoms with van der Waals surface area (Å²) in [5, 5.41) is 0. The molecule has 0 aliphatic heterocycles. The number of nitrogens with two attached hydrogens (primary N) is 1. The summed E-state index contributed by atoms with van der Waals surface area (Å²) in [6.07, 6.45) is 1.71. The Balaban J connectivity index is 2.15. The summed E-state index contributed by atoms with van der Waals surface area (Å²) >= 11 is 0. The van der Waals surface area contributed by atoms with E-state index in [2.05, 4.69) is 4.98 Å². The monoisotopic (exact) mass is 196 g/mol. The van der Waals surface area contributed by atoms with E-state index in [4.69, 9.17) is 15.2 Å². The zero-order chi connectivity index (χ0) is 10.2. The van der Waals surface area contributed by atoms with Gasteiger partial charge in [0.05, 0.1) is 19.4 Å². The van der Waals surface area contributed by atoms with E-state index < -0.39 is 0 Å². The van der Waals surface area contributed by atoms with Gasteiger partial charge < -0.3 is 15.2 Å². The van der Waals surface area contributed by atoms with Crippen LogP contribution in [0.1, 0.15) is 5.69 Å². The van der Waals surface area contributed by atoms with Crippen molar-refractivity contribution < 1.29 is 9.47 Å². The average molecular weight is 196 g/mol. The topological polar surface area (TPSA) is 57.4 Å². The summed E-state index contributed by atoms with van der Waals surface area (Å²) in [5.74, 6) is 0.770. The fourth-order valence-electron chi connectivity index (χ4n) is 0.943. The molecule has 4 nitrogen and oxygen atoms in total. The highest BCUT2D eigenvalue weighted by Crippen LogP contribution is 2.07. The average Bonchev–Trinajstić information content (AvgIpc) is 2.21. The Kier molecular flexibility index (Phi) is 4.96. The van der Waals surface area contributed by atoms with Crippen molar-refractivity contribution >= 4 is 0 Å². The number of nitrogens with zero attached hydrogens (tertiary/aromatic N) is 1. The molecule has 0 saturated carbocycles. The van der Waals surface area contributed by atoms with Crippen LogP contribution in [0.25, 0.3) is 0 Å². The van der Waals surface area contributed by atoms with Crippen LogP contribution in [-0.2, 0) is 4.74 Å². The molecule has 0 radical (unpaired) electrons. The maximum absolute atomic E-state index is 5.38. The van der Waals surface area contributed by atoms with Crippen molar-refractivity contribution in [1.29, 1.82) is 0 Å². The lowest BCUT2D eigenvalue weighted by Crippen LogP contribution is -2.13. The van der Waals surface area contributed by atoms with E-state index in [9.17, 15) is 0 Å². The molecule has 0 spiro atoms. The maximum Gasteiger partial charge on any atom is 0.137 e. The zero-order valence-corrected chi connectivity index (χ0v) is 8.40. The van der Waals surface area contributed by atoms with Crippen molar-refractivity contribution in [2.75, 3.05) is 26.4 Å². The first-order valence-corrected chi connectivity index (χ1v) is 4.66. The minimum Gasteiger partial charge on any atom is -0.490 e. The third-order valence-corrected chi connectivity index (χ3v) is 1.64. The van der Waals surface area contributed by atoms with Crippen molar-refractivity contribution in [1.82, 2.24) is 4.98 Å². The molecule has 1 aromatic rings. The Morgan fingerprint density at radius 1 is 1.29 bits per heavy atom. The fourth-order valence-corrected chi connectivity index (χ4v) is 0.943. The van der Waals surface area contributed by atoms with Gasteiger partial charge in [0, 0.05) is 12.2 Å². The lowest BCUT2D eigenvalue weighted by atomic mass is 10.4. The summed E-state index contributed by atoms with van der Waals surface area (Å²) in [7, 11) is 0. The normalized spacial score (nSPS) is 10.1. The number of ether oxygens (including phenoxy) is 2. The van der Waals surface area contributed by atoms with Crippen LogP contribution in [-0.4, -0.2) is 31.3 Å². The van der Waals surface area contributed by atoms with Gasteiger partial charge in [0.1, 0.15) is 12.4 Å². The van der Waals surface area contributed by atoms with Crippen molar-refractivity contribution in [3.05, 3.63) is 24.0 Å². The summed E-state index contributed by atoms with van der Waals surface area (Å²) in [6, 6.07) is 3.81. The lowest BCUT2D eigenvalue weighted by molar-refractivity contribution is 0.106. The Bertz CT molecular complexity index is 249. The molecule has 1 rings (SSSR count). The molecule has 0 aromatic carbocycles. The number of hydrogen-bond donors (Lipinski definition) is 1. The molecule has 78 valence electrons. The van der Waals surface area contributed by atoms with Crippen LogP contribution in [0.4, 0.5) is 0 Å². The Morgan fingerprint density at radius 2 is 2.14 bits per heavy atom. The molecule has 0 bridgehead atoms. The summed E-state index contributed by atoms with van der Waals surface area (Å²) < 4.78 is 10.5. The van der Waals surface area contributed by atoms with E-state index in [1.54, 1.807) is 6.20 Å². The van der Waals surface area contributed by atoms with E-state index in [-0.39, 0.29) is 0 Å². The van der Waals surface area contributed by atoms with Gasteiger partial charge in [-0.05, 0) is 19.1 Å². The molecule has 1 aromatic heterocycles. The van der Waals surface area contributed by atoms with Gasteiger partial charge in [-0.1, -0.05) is 0 Å². The first-order valence-electron chi connectivity index (χ1n) is 4.66. The molecule has 14 heavy (non-hydrogen) atoms. The minimum absolute atomic E-state index is 0.532. The van der Waals surface area contributed by atoms with Gasteiger partial charge in [0.25, 0.3) is 0 Å². The number of rotatable bonds is 6. The van der Waals surface area contributed by atoms with E-state index in [1.807, 2.05) is 19.1 Å². The summed E-state index contributed by atoms with van der Waals surface area (Å²) in [6.45, 7) is 4.16. The highest BCUT2D eigenvalue weighted by molar-refractivity contribution is 5.18. The Hall–Kier alpha value is -1.13. The van der Waals surface area contributed by atoms with Crippen LogP contribution in [0.15, 0.2) is 18.3 Å². The SMILES string of the molecule is Cc1ccc(OCCOCCN)cn1. The molecule has 0 atom stereocenters. The number of aryl methyl sites for hydroxylation is 1. The molecule has 1 heterocycles. The van der Waals surface area contributed by atoms with E-state index in [1.165, 1.54) is 0 Å². The summed E-state index contributed by atoms with van der Waals surface area (Å²) in [5.41, 5.74) is 6.25. The molecular formula is C10H16N2O2. The quantitative estimate of drug-likeness (QED) is 0.682. The van der Waals surface area contributed by atoms with Crippen molar-refractivity contribution in [3.63, 3.8) is 0 Å². The maximum atomic E-state index is 5.38. The van der Waals surface area contributed by atoms with Gasteiger partial charge in [0.2, 0.25) is 0 Å². The van der Waals surface area contributed by atoms with Crippen LogP contribution in [0.3, 0.4) is 0 Å². The van der Waals surface area contributed by atoms with Crippen LogP contribution < -0.4 is 10.5 Å². The van der Waals surface area contributed by atoms with Crippen LogP contribution in [0.2, 0.25) is 0 Å². The molecule has 0 unspecified atom stereocenters. The Morgan fingerprint density at radius 3 is 2.79 bits per heavy atom. The fraction of sp³-hybridized carbons (Fsp3) is 0.500. The molecule has 0 fully saturated rings. The number of hydrogen-bond acceptors (Lipinski definition) is 4. The second kappa shape index (κ2) is 6.34. The third-order valence-electron chi connectivity index (χ3n) is 1.64. The first-order chi connectivity index (χ1) is 6.83. The van der Waals surface area contributed by atoms with E-state index in [0.717, 1.165) is 11.4 Å². The molecular weight excluding hydrogens is 180 g/mol. The molecule has 4 heteroatoms. The smallest absolute Gasteiger partial charge is 0.137 e. The zero-order valence-electron chi connectivity index (χ0n) is 8.40. The highest BCUT2D eigenvalue weighted by Gasteiger charge is 1.93. The predicted molar refractivity (Wildman–Crippen MR) is 54.3 cm³/mol. The van der Waals surface area contributed by atoms with Gasteiger partial charge in [-0.2, -0.15) is 0 Å². The first kappa shape index (κ1) is 10.9. The van der Waals surface area contributed by atoms with Crippen LogP contribution in [0.5, 0.6) is 5.75 Å². The number of pyridine rings is 1. The van der Waals surface area contributed by atoms with E-state index >= 15 is 0 Å². The molecule has 0 aliphatic rings. The van der Waals surface area contributed by atoms with Gasteiger partial charge in [-0.25, -0.2) is 0 Å². The highest BCUT2D eigenvalue weighted by atomic mass is 16.5. The van der Waals surface area contributed by atoms with Gasteiger partial charge in [0.15, 0.2) is 0 Å². The van der Waals surface area contributed by atoms with Crippen molar-refractivity contribution in [2.45, 2.75) is 6.92 Å². The Labute approximate surface area is 84.0 Å².